The molecule has 2 amide bonds. The average molecular weight is 378 g/mol. The Morgan fingerprint density at radius 2 is 2.08 bits per heavy atom. The van der Waals surface area contributed by atoms with E-state index in [0.29, 0.717) is 28.8 Å². The quantitative estimate of drug-likeness (QED) is 0.791. The van der Waals surface area contributed by atoms with Gasteiger partial charge in [0, 0.05) is 17.3 Å². The maximum atomic E-state index is 12.5. The monoisotopic (exact) mass is 377 g/mol. The summed E-state index contributed by atoms with van der Waals surface area (Å²) in [5, 5.41) is 6.17. The van der Waals surface area contributed by atoms with Gasteiger partial charge in [-0.25, -0.2) is 9.59 Å². The van der Waals surface area contributed by atoms with Crippen LogP contribution in [0.3, 0.4) is 0 Å². The molecule has 1 aromatic rings. The first-order valence-corrected chi connectivity index (χ1v) is 9.22. The van der Waals surface area contributed by atoms with Crippen LogP contribution in [0.4, 0.5) is 4.79 Å². The van der Waals surface area contributed by atoms with E-state index < -0.39 is 12.0 Å². The lowest BCUT2D eigenvalue weighted by molar-refractivity contribution is -0.136. The van der Waals surface area contributed by atoms with Crippen LogP contribution in [0.2, 0.25) is 5.02 Å². The van der Waals surface area contributed by atoms with Crippen molar-refractivity contribution in [2.75, 3.05) is 26.7 Å². The van der Waals surface area contributed by atoms with Gasteiger partial charge in [0.15, 0.2) is 0 Å². The molecular formula is C19H24ClN3O3. The number of nitrogens with zero attached hydrogens (tertiary/aromatic N) is 1. The molecule has 1 atom stereocenters. The van der Waals surface area contributed by atoms with Gasteiger partial charge in [-0.05, 0) is 49.5 Å². The smallest absolute Gasteiger partial charge is 0.338 e. The van der Waals surface area contributed by atoms with E-state index in [1.165, 1.54) is 7.11 Å². The van der Waals surface area contributed by atoms with Crippen molar-refractivity contribution < 1.29 is 14.3 Å². The molecular weight excluding hydrogens is 354 g/mol. The Balaban J connectivity index is 1.95. The second-order valence-electron chi connectivity index (χ2n) is 6.93. The van der Waals surface area contributed by atoms with E-state index in [-0.39, 0.29) is 6.03 Å². The van der Waals surface area contributed by atoms with Gasteiger partial charge < -0.3 is 15.4 Å². The summed E-state index contributed by atoms with van der Waals surface area (Å²) in [6, 6.07) is 6.22. The van der Waals surface area contributed by atoms with Crippen LogP contribution in [0.5, 0.6) is 0 Å². The molecule has 2 aliphatic heterocycles. The van der Waals surface area contributed by atoms with Crippen LogP contribution >= 0.6 is 11.6 Å². The number of carbonyl (C=O) groups is 2. The van der Waals surface area contributed by atoms with Crippen LogP contribution < -0.4 is 10.6 Å². The van der Waals surface area contributed by atoms with E-state index in [9.17, 15) is 9.59 Å². The van der Waals surface area contributed by atoms with Crippen LogP contribution in [0, 0.1) is 5.92 Å². The van der Waals surface area contributed by atoms with Gasteiger partial charge in [-0.1, -0.05) is 30.7 Å². The molecule has 3 rings (SSSR count). The van der Waals surface area contributed by atoms with Crippen molar-refractivity contribution in [1.82, 2.24) is 15.5 Å². The van der Waals surface area contributed by atoms with Crippen LogP contribution in [0.15, 0.2) is 35.5 Å². The number of methoxy groups -OCH3 is 1. The summed E-state index contributed by atoms with van der Waals surface area (Å²) in [6.45, 7) is 4.66. The van der Waals surface area contributed by atoms with Crippen molar-refractivity contribution in [3.05, 3.63) is 46.1 Å². The Hall–Kier alpha value is -2.05. The highest BCUT2D eigenvalue weighted by Crippen LogP contribution is 2.30. The van der Waals surface area contributed by atoms with E-state index in [4.69, 9.17) is 16.3 Å². The zero-order valence-corrected chi connectivity index (χ0v) is 15.8. The van der Waals surface area contributed by atoms with Gasteiger partial charge in [-0.15, -0.1) is 0 Å². The van der Waals surface area contributed by atoms with Crippen molar-refractivity contribution in [2.24, 2.45) is 5.92 Å². The second-order valence-corrected chi connectivity index (χ2v) is 7.37. The normalized spacial score (nSPS) is 22.0. The highest BCUT2D eigenvalue weighted by molar-refractivity contribution is 6.30. The summed E-state index contributed by atoms with van der Waals surface area (Å²) in [7, 11) is 1.35. The molecule has 2 aliphatic rings. The number of hydrogen-bond donors (Lipinski definition) is 2. The molecule has 1 unspecified atom stereocenters. The first kappa shape index (κ1) is 18.7. The van der Waals surface area contributed by atoms with Gasteiger partial charge in [0.2, 0.25) is 0 Å². The molecule has 2 heterocycles. The number of hydrogen-bond acceptors (Lipinski definition) is 4. The highest BCUT2D eigenvalue weighted by atomic mass is 35.5. The minimum Gasteiger partial charge on any atom is -0.466 e. The minimum atomic E-state index is -0.589. The van der Waals surface area contributed by atoms with Crippen LogP contribution in [-0.2, 0) is 9.53 Å². The Morgan fingerprint density at radius 3 is 2.73 bits per heavy atom. The van der Waals surface area contributed by atoms with Crippen LogP contribution in [-0.4, -0.2) is 43.6 Å². The molecule has 1 fully saturated rings. The number of carbonyl (C=O) groups excluding carboxylic acids is 2. The van der Waals surface area contributed by atoms with E-state index in [0.717, 1.165) is 31.5 Å². The summed E-state index contributed by atoms with van der Waals surface area (Å²) in [6.07, 6.45) is 2.23. The average Bonchev–Trinajstić information content (AvgIpc) is 2.62. The molecule has 26 heavy (non-hydrogen) atoms. The number of urea groups is 1. The molecule has 2 N–H and O–H groups in total. The summed E-state index contributed by atoms with van der Waals surface area (Å²) < 4.78 is 5.00. The predicted octanol–water partition coefficient (Wildman–Crippen LogP) is 2.85. The van der Waals surface area contributed by atoms with Crippen molar-refractivity contribution in [1.29, 1.82) is 0 Å². The number of likely N-dealkylation sites (tertiary alicyclic amines) is 1. The Labute approximate surface area is 158 Å². The third kappa shape index (κ3) is 4.19. The number of halogens is 1. The number of benzene rings is 1. The molecule has 1 saturated heterocycles. The summed E-state index contributed by atoms with van der Waals surface area (Å²) in [5.74, 6) is 0.255. The van der Waals surface area contributed by atoms with Crippen LogP contribution in [0.25, 0.3) is 0 Å². The minimum absolute atomic E-state index is 0.331. The van der Waals surface area contributed by atoms with Crippen molar-refractivity contribution in [2.45, 2.75) is 25.8 Å². The van der Waals surface area contributed by atoms with Gasteiger partial charge in [0.05, 0.1) is 18.7 Å². The number of nitrogens with one attached hydrogen (secondary N) is 2. The molecule has 0 radical (unpaired) electrons. The topological polar surface area (TPSA) is 70.7 Å². The zero-order chi connectivity index (χ0) is 18.7. The first-order chi connectivity index (χ1) is 12.5. The van der Waals surface area contributed by atoms with E-state index in [1.807, 2.05) is 6.07 Å². The fourth-order valence-corrected chi connectivity index (χ4v) is 3.67. The van der Waals surface area contributed by atoms with Gasteiger partial charge in [-0.2, -0.15) is 0 Å². The van der Waals surface area contributed by atoms with Crippen molar-refractivity contribution in [3.63, 3.8) is 0 Å². The highest BCUT2D eigenvalue weighted by Gasteiger charge is 2.34. The molecule has 140 valence electrons. The SMILES string of the molecule is COC(=O)C1=C(CN2CCC(C)CC2)NC(=O)NC1c1cccc(Cl)c1. The molecule has 0 bridgehead atoms. The molecule has 7 heteroatoms. The van der Waals surface area contributed by atoms with Crippen LogP contribution in [0.1, 0.15) is 31.4 Å². The fourth-order valence-electron chi connectivity index (χ4n) is 3.47. The van der Waals surface area contributed by atoms with Gasteiger partial charge in [0.25, 0.3) is 0 Å². The number of amides is 2. The summed E-state index contributed by atoms with van der Waals surface area (Å²) in [4.78, 5) is 27.0. The van der Waals surface area contributed by atoms with Crippen molar-refractivity contribution >= 4 is 23.6 Å². The molecule has 0 aliphatic carbocycles. The summed E-state index contributed by atoms with van der Waals surface area (Å²) >= 11 is 6.10. The lowest BCUT2D eigenvalue weighted by atomic mass is 9.94. The number of ether oxygens (including phenoxy) is 1. The second kappa shape index (κ2) is 8.10. The van der Waals surface area contributed by atoms with E-state index in [2.05, 4.69) is 22.5 Å². The zero-order valence-electron chi connectivity index (χ0n) is 15.0. The van der Waals surface area contributed by atoms with Crippen molar-refractivity contribution in [3.8, 4) is 0 Å². The molecule has 0 spiro atoms. The summed E-state index contributed by atoms with van der Waals surface area (Å²) in [5.41, 5.74) is 1.77. The number of esters is 1. The molecule has 1 aromatic carbocycles. The standard InChI is InChI=1S/C19H24ClN3O3/c1-12-6-8-23(9-7-12)11-15-16(18(24)26-2)17(22-19(25)21-15)13-4-3-5-14(20)10-13/h3-5,10,12,17H,6-9,11H2,1-2H3,(H2,21,22,25). The third-order valence-electron chi connectivity index (χ3n) is 5.00. The maximum Gasteiger partial charge on any atom is 0.338 e. The third-order valence-corrected chi connectivity index (χ3v) is 5.23. The fraction of sp³-hybridized carbons (Fsp3) is 0.474. The lowest BCUT2D eigenvalue weighted by Crippen LogP contribution is -2.49. The Morgan fingerprint density at radius 1 is 1.35 bits per heavy atom. The maximum absolute atomic E-state index is 12.5. The van der Waals surface area contributed by atoms with Gasteiger partial charge in [-0.3, -0.25) is 4.90 Å². The first-order valence-electron chi connectivity index (χ1n) is 8.84. The number of piperidine rings is 1. The van der Waals surface area contributed by atoms with E-state index >= 15 is 0 Å². The largest absolute Gasteiger partial charge is 0.466 e. The molecule has 0 saturated carbocycles. The number of rotatable bonds is 4. The molecule has 0 aromatic heterocycles. The predicted molar refractivity (Wildman–Crippen MR) is 99.7 cm³/mol. The molecule has 6 nitrogen and oxygen atoms in total. The van der Waals surface area contributed by atoms with E-state index in [1.54, 1.807) is 18.2 Å². The lowest BCUT2D eigenvalue weighted by Gasteiger charge is -2.34. The van der Waals surface area contributed by atoms with Gasteiger partial charge >= 0.3 is 12.0 Å². The van der Waals surface area contributed by atoms with Gasteiger partial charge in [0.1, 0.15) is 0 Å². The Kier molecular flexibility index (Phi) is 5.84. The Bertz CT molecular complexity index is 726.